The van der Waals surface area contributed by atoms with Crippen molar-refractivity contribution in [2.45, 2.75) is 230 Å². The van der Waals surface area contributed by atoms with Gasteiger partial charge in [-0.05, 0) is 50.7 Å². The molecule has 1 aliphatic carbocycles. The monoisotopic (exact) mass is 835 g/mol. The molecule has 1 rings (SSSR count). The highest BCUT2D eigenvalue weighted by atomic mass is 31.2. The van der Waals surface area contributed by atoms with E-state index in [2.05, 4.69) is 31.7 Å². The molecule has 0 aromatic heterocycles. The molecule has 334 valence electrons. The number of phosphoric acid groups is 1. The fourth-order valence-corrected chi connectivity index (χ4v) is 7.71. The van der Waals surface area contributed by atoms with Crippen LogP contribution in [0.2, 0.25) is 0 Å². The molecule has 0 aliphatic heterocycles. The second kappa shape index (κ2) is 34.1. The van der Waals surface area contributed by atoms with Gasteiger partial charge >= 0.3 is 19.8 Å². The summed E-state index contributed by atoms with van der Waals surface area (Å²) in [6, 6.07) is 0. The number of ether oxygens (including phenoxy) is 2. The summed E-state index contributed by atoms with van der Waals surface area (Å²) in [7, 11) is -5.12. The first-order valence-corrected chi connectivity index (χ1v) is 23.7. The normalized spacial score (nSPS) is 22.3. The molecule has 1 saturated carbocycles. The molecule has 1 aliphatic rings. The molecule has 0 amide bonds. The number of aliphatic hydroxyl groups is 5. The Morgan fingerprint density at radius 1 is 0.561 bits per heavy atom. The number of carbonyl (C=O) groups is 2. The van der Waals surface area contributed by atoms with Gasteiger partial charge in [-0.1, -0.05) is 136 Å². The van der Waals surface area contributed by atoms with E-state index >= 15 is 0 Å². The predicted octanol–water partition coefficient (Wildman–Crippen LogP) is 8.05. The van der Waals surface area contributed by atoms with Gasteiger partial charge in [-0.2, -0.15) is 0 Å². The molecule has 3 unspecified atom stereocenters. The fraction of sp³-hybridized carbons (Fsp3) is 0.884. The lowest BCUT2D eigenvalue weighted by atomic mass is 9.85. The Kier molecular flexibility index (Phi) is 32.0. The maximum Gasteiger partial charge on any atom is 0.472 e. The molecule has 0 bridgehead atoms. The van der Waals surface area contributed by atoms with Crippen LogP contribution in [0.3, 0.4) is 0 Å². The Bertz CT molecular complexity index is 1110. The Labute approximate surface area is 343 Å². The van der Waals surface area contributed by atoms with Gasteiger partial charge in [-0.25, -0.2) is 4.57 Å². The molecular weight excluding hydrogens is 755 g/mol. The van der Waals surface area contributed by atoms with Gasteiger partial charge in [-0.3, -0.25) is 18.6 Å². The molecule has 0 radical (unpaired) electrons. The van der Waals surface area contributed by atoms with Gasteiger partial charge in [0.25, 0.3) is 0 Å². The van der Waals surface area contributed by atoms with Crippen LogP contribution in [-0.4, -0.2) is 98.3 Å². The van der Waals surface area contributed by atoms with Crippen LogP contribution in [0.15, 0.2) is 17.9 Å². The van der Waals surface area contributed by atoms with Gasteiger partial charge in [0.2, 0.25) is 0 Å². The highest BCUT2D eigenvalue weighted by molar-refractivity contribution is 7.47. The van der Waals surface area contributed by atoms with Crippen LogP contribution in [0, 0.1) is 0 Å². The largest absolute Gasteiger partial charge is 0.472 e. The summed E-state index contributed by atoms with van der Waals surface area (Å²) in [6.07, 6.45) is 19.1. The first-order chi connectivity index (χ1) is 27.4. The number of aliphatic hydroxyl groups excluding tert-OH is 5. The summed E-state index contributed by atoms with van der Waals surface area (Å²) in [5.41, 5.74) is 3.26. The molecule has 0 heterocycles. The second-order valence-electron chi connectivity index (χ2n) is 15.7. The minimum absolute atomic E-state index is 0.0795. The van der Waals surface area contributed by atoms with Crippen LogP contribution >= 0.6 is 7.82 Å². The third kappa shape index (κ3) is 27.0. The van der Waals surface area contributed by atoms with Crippen molar-refractivity contribution in [3.63, 3.8) is 0 Å². The average molecular weight is 835 g/mol. The standard InChI is InChI=1S/C43H79O13P/c1-3-5-7-9-11-13-15-17-18-20-22-24-26-28-30-32-37(45)55-35(34-54-57(51,52)56-43-41(49)39(47)38(46)40(48)42(43)50)33-53-36(44)31-29-27-25-23-21-19-16-14-12-10-8-6-4-2/h15,18,35,38-43,46-50H,3-14,16,19-34H2,1-2H3,(H,51,52)/t17?,35-,38?,39-,40+,41+,42+,43?/m1/s1. The zero-order valence-electron chi connectivity index (χ0n) is 35.2. The van der Waals surface area contributed by atoms with Gasteiger partial charge in [0.05, 0.1) is 6.61 Å². The third-order valence-electron chi connectivity index (χ3n) is 10.4. The number of esters is 2. The van der Waals surface area contributed by atoms with E-state index in [1.807, 2.05) is 0 Å². The van der Waals surface area contributed by atoms with Gasteiger partial charge < -0.3 is 39.9 Å². The molecule has 6 N–H and O–H groups in total. The smallest absolute Gasteiger partial charge is 0.462 e. The summed E-state index contributed by atoms with van der Waals surface area (Å²) in [5, 5.41) is 50.1. The Balaban J connectivity index is 2.50. The van der Waals surface area contributed by atoms with Crippen LogP contribution in [-0.2, 0) is 32.7 Å². The van der Waals surface area contributed by atoms with Crippen LogP contribution in [0.5, 0.6) is 0 Å². The zero-order chi connectivity index (χ0) is 42.2. The van der Waals surface area contributed by atoms with E-state index in [0.717, 1.165) is 57.8 Å². The predicted molar refractivity (Wildman–Crippen MR) is 220 cm³/mol. The first kappa shape index (κ1) is 53.4. The van der Waals surface area contributed by atoms with Crippen molar-refractivity contribution in [1.82, 2.24) is 0 Å². The second-order valence-corrected chi connectivity index (χ2v) is 17.1. The fourth-order valence-electron chi connectivity index (χ4n) is 6.74. The van der Waals surface area contributed by atoms with Gasteiger partial charge in [0, 0.05) is 12.8 Å². The SMILES string of the molecule is CCCCCCCC=C=CCCCCCCCC(=O)O[C@H](COC(=O)CCCCCCCCCCCCCCC)COP(=O)(O)OC1[C@@H](O)[C@H](O)C(O)[C@H](O)[C@@H]1O. The summed E-state index contributed by atoms with van der Waals surface area (Å²) in [6.45, 7) is 3.26. The first-order valence-electron chi connectivity index (χ1n) is 22.2. The molecule has 0 spiro atoms. The number of carbonyl (C=O) groups excluding carboxylic acids is 2. The van der Waals surface area contributed by atoms with E-state index in [1.165, 1.54) is 89.9 Å². The molecule has 0 saturated heterocycles. The van der Waals surface area contributed by atoms with Gasteiger partial charge in [0.15, 0.2) is 6.10 Å². The molecule has 8 atom stereocenters. The van der Waals surface area contributed by atoms with Crippen molar-refractivity contribution >= 4 is 19.8 Å². The van der Waals surface area contributed by atoms with Crippen molar-refractivity contribution in [3.8, 4) is 0 Å². The molecule has 14 heteroatoms. The maximum atomic E-state index is 12.8. The van der Waals surface area contributed by atoms with Crippen molar-refractivity contribution in [2.24, 2.45) is 0 Å². The van der Waals surface area contributed by atoms with E-state index in [9.17, 15) is 44.6 Å². The van der Waals surface area contributed by atoms with E-state index in [4.69, 9.17) is 18.5 Å². The molecular formula is C43H79O13P. The molecule has 13 nitrogen and oxygen atoms in total. The maximum absolute atomic E-state index is 12.8. The van der Waals surface area contributed by atoms with E-state index < -0.39 is 75.7 Å². The summed E-state index contributed by atoms with van der Waals surface area (Å²) in [4.78, 5) is 35.6. The zero-order valence-corrected chi connectivity index (χ0v) is 36.1. The lowest BCUT2D eigenvalue weighted by molar-refractivity contribution is -0.220. The lowest BCUT2D eigenvalue weighted by Crippen LogP contribution is -2.64. The Morgan fingerprint density at radius 3 is 1.40 bits per heavy atom. The molecule has 0 aromatic rings. The summed E-state index contributed by atoms with van der Waals surface area (Å²) < 4.78 is 33.4. The number of rotatable bonds is 36. The third-order valence-corrected chi connectivity index (χ3v) is 11.4. The minimum atomic E-state index is -5.12. The highest BCUT2D eigenvalue weighted by Gasteiger charge is 2.51. The quantitative estimate of drug-likeness (QED) is 0.0153. The van der Waals surface area contributed by atoms with E-state index in [1.54, 1.807) is 0 Å². The van der Waals surface area contributed by atoms with Crippen LogP contribution in [0.4, 0.5) is 0 Å². The van der Waals surface area contributed by atoms with Gasteiger partial charge in [0.1, 0.15) is 43.2 Å². The summed E-state index contributed by atoms with van der Waals surface area (Å²) >= 11 is 0. The average Bonchev–Trinajstić information content (AvgIpc) is 3.19. The number of allylic oxidation sites excluding steroid dienone is 1. The van der Waals surface area contributed by atoms with E-state index in [-0.39, 0.29) is 12.8 Å². The van der Waals surface area contributed by atoms with Crippen LogP contribution < -0.4 is 0 Å². The molecule has 0 aromatic carbocycles. The number of hydrogen-bond acceptors (Lipinski definition) is 12. The van der Waals surface area contributed by atoms with E-state index in [0.29, 0.717) is 12.8 Å². The minimum Gasteiger partial charge on any atom is -0.462 e. The Morgan fingerprint density at radius 2 is 0.947 bits per heavy atom. The van der Waals surface area contributed by atoms with Crippen molar-refractivity contribution < 1.29 is 63.1 Å². The highest BCUT2D eigenvalue weighted by Crippen LogP contribution is 2.47. The van der Waals surface area contributed by atoms with Crippen molar-refractivity contribution in [1.29, 1.82) is 0 Å². The molecule has 1 fully saturated rings. The Hall–Kier alpha value is -1.63. The number of hydrogen-bond donors (Lipinski definition) is 6. The number of phosphoric ester groups is 1. The molecule has 57 heavy (non-hydrogen) atoms. The van der Waals surface area contributed by atoms with Gasteiger partial charge in [-0.15, -0.1) is 5.73 Å². The number of unbranched alkanes of at least 4 members (excludes halogenated alkanes) is 22. The lowest BCUT2D eigenvalue weighted by Gasteiger charge is -2.41. The topological polar surface area (TPSA) is 210 Å². The van der Waals surface area contributed by atoms with Crippen LogP contribution in [0.1, 0.15) is 187 Å². The summed E-state index contributed by atoms with van der Waals surface area (Å²) in [5.74, 6) is -1.11. The van der Waals surface area contributed by atoms with Crippen LogP contribution in [0.25, 0.3) is 0 Å². The van der Waals surface area contributed by atoms with Crippen molar-refractivity contribution in [3.05, 3.63) is 17.9 Å². The van der Waals surface area contributed by atoms with Crippen molar-refractivity contribution in [2.75, 3.05) is 13.2 Å².